The zero-order valence-corrected chi connectivity index (χ0v) is 6.62. The van der Waals surface area contributed by atoms with Crippen molar-refractivity contribution in [2.45, 2.75) is 26.2 Å². The molecule has 0 aromatic rings. The molecule has 1 nitrogen and oxygen atoms in total. The molecule has 0 aromatic carbocycles. The van der Waals surface area contributed by atoms with Gasteiger partial charge >= 0.3 is 0 Å². The van der Waals surface area contributed by atoms with Gasteiger partial charge in [0.2, 0.25) is 0 Å². The Kier molecular flexibility index (Phi) is 2.66. The van der Waals surface area contributed by atoms with Gasteiger partial charge in [0.1, 0.15) is 6.67 Å². The summed E-state index contributed by atoms with van der Waals surface area (Å²) in [7, 11) is 0. The summed E-state index contributed by atoms with van der Waals surface area (Å²) in [4.78, 5) is 0. The Morgan fingerprint density at radius 2 is 2.20 bits per heavy atom. The highest BCUT2D eigenvalue weighted by molar-refractivity contribution is 4.93. The molecule has 0 heterocycles. The molecule has 0 amide bonds. The van der Waals surface area contributed by atoms with Crippen molar-refractivity contribution >= 4 is 0 Å². The van der Waals surface area contributed by atoms with Crippen LogP contribution in [0, 0.1) is 5.41 Å². The van der Waals surface area contributed by atoms with Crippen LogP contribution in [-0.2, 0) is 0 Å². The molecule has 60 valence electrons. The predicted octanol–water partition coefficient (Wildman–Crippen LogP) is 1.74. The summed E-state index contributed by atoms with van der Waals surface area (Å²) in [6, 6.07) is 0. The molecule has 0 unspecified atom stereocenters. The minimum atomic E-state index is -0.236. The summed E-state index contributed by atoms with van der Waals surface area (Å²) in [5, 5.41) is 3.11. The second-order valence-corrected chi connectivity index (χ2v) is 3.22. The van der Waals surface area contributed by atoms with Crippen LogP contribution in [0.2, 0.25) is 0 Å². The van der Waals surface area contributed by atoms with Gasteiger partial charge in [-0.05, 0) is 24.7 Å². The quantitative estimate of drug-likeness (QED) is 0.581. The van der Waals surface area contributed by atoms with Crippen LogP contribution in [0.15, 0.2) is 0 Å². The average molecular weight is 145 g/mol. The third kappa shape index (κ3) is 1.94. The number of halogens is 1. The minimum absolute atomic E-state index is 0.236. The molecule has 0 aromatic heterocycles. The highest BCUT2D eigenvalue weighted by Gasteiger charge is 2.39. The van der Waals surface area contributed by atoms with Gasteiger partial charge in [-0.2, -0.15) is 0 Å². The lowest BCUT2D eigenvalue weighted by Gasteiger charge is -2.11. The van der Waals surface area contributed by atoms with E-state index in [1.165, 1.54) is 19.3 Å². The second kappa shape index (κ2) is 3.33. The molecule has 1 N–H and O–H groups in total. The van der Waals surface area contributed by atoms with Gasteiger partial charge in [0.25, 0.3) is 0 Å². The maximum atomic E-state index is 11.6. The van der Waals surface area contributed by atoms with Crippen LogP contribution in [0.1, 0.15) is 26.2 Å². The van der Waals surface area contributed by atoms with Crippen LogP contribution in [0.4, 0.5) is 4.39 Å². The molecular formula is C8H16FN. The topological polar surface area (TPSA) is 12.0 Å². The number of rotatable bonds is 5. The lowest BCUT2D eigenvalue weighted by Crippen LogP contribution is -2.25. The SMILES string of the molecule is CCC1(CNCCF)CC1. The maximum absolute atomic E-state index is 11.6. The lowest BCUT2D eigenvalue weighted by atomic mass is 10.0. The first-order valence-electron chi connectivity index (χ1n) is 4.10. The highest BCUT2D eigenvalue weighted by Crippen LogP contribution is 2.47. The summed E-state index contributed by atoms with van der Waals surface area (Å²) in [5.41, 5.74) is 0.565. The predicted molar refractivity (Wildman–Crippen MR) is 40.8 cm³/mol. The summed E-state index contributed by atoms with van der Waals surface area (Å²) in [6.45, 7) is 3.53. The van der Waals surface area contributed by atoms with E-state index in [4.69, 9.17) is 0 Å². The summed E-state index contributed by atoms with van der Waals surface area (Å²) < 4.78 is 11.6. The largest absolute Gasteiger partial charge is 0.314 e. The summed E-state index contributed by atoms with van der Waals surface area (Å²) >= 11 is 0. The normalized spacial score (nSPS) is 21.0. The molecule has 1 aliphatic carbocycles. The Morgan fingerprint density at radius 1 is 1.50 bits per heavy atom. The van der Waals surface area contributed by atoms with E-state index in [2.05, 4.69) is 12.2 Å². The molecular weight excluding hydrogens is 129 g/mol. The first-order chi connectivity index (χ1) is 4.83. The van der Waals surface area contributed by atoms with Gasteiger partial charge in [-0.25, -0.2) is 4.39 Å². The van der Waals surface area contributed by atoms with Crippen molar-refractivity contribution < 1.29 is 4.39 Å². The van der Waals surface area contributed by atoms with Crippen LogP contribution in [-0.4, -0.2) is 19.8 Å². The molecule has 0 atom stereocenters. The fourth-order valence-corrected chi connectivity index (χ4v) is 1.25. The van der Waals surface area contributed by atoms with E-state index in [-0.39, 0.29) is 6.67 Å². The molecule has 0 aliphatic heterocycles. The van der Waals surface area contributed by atoms with Crippen molar-refractivity contribution in [2.24, 2.45) is 5.41 Å². The molecule has 1 aliphatic rings. The Morgan fingerprint density at radius 3 is 2.60 bits per heavy atom. The standard InChI is InChI=1S/C8H16FN/c1-2-8(3-4-8)7-10-6-5-9/h10H,2-7H2,1H3. The van der Waals surface area contributed by atoms with E-state index in [9.17, 15) is 4.39 Å². The Labute approximate surface area is 62.0 Å². The second-order valence-electron chi connectivity index (χ2n) is 3.22. The van der Waals surface area contributed by atoms with E-state index in [0.717, 1.165) is 6.54 Å². The van der Waals surface area contributed by atoms with Crippen LogP contribution in [0.5, 0.6) is 0 Å². The molecule has 1 saturated carbocycles. The first kappa shape index (κ1) is 7.99. The fraction of sp³-hybridized carbons (Fsp3) is 1.00. The molecule has 10 heavy (non-hydrogen) atoms. The Hall–Kier alpha value is -0.110. The van der Waals surface area contributed by atoms with Crippen LogP contribution >= 0.6 is 0 Å². The lowest BCUT2D eigenvalue weighted by molar-refractivity contribution is 0.409. The van der Waals surface area contributed by atoms with E-state index in [1.807, 2.05) is 0 Å². The van der Waals surface area contributed by atoms with Gasteiger partial charge in [-0.3, -0.25) is 0 Å². The highest BCUT2D eigenvalue weighted by atomic mass is 19.1. The van der Waals surface area contributed by atoms with Crippen molar-refractivity contribution in [2.75, 3.05) is 19.8 Å². The van der Waals surface area contributed by atoms with Crippen molar-refractivity contribution in [3.8, 4) is 0 Å². The van der Waals surface area contributed by atoms with Gasteiger partial charge < -0.3 is 5.32 Å². The zero-order chi connectivity index (χ0) is 7.45. The summed E-state index contributed by atoms with van der Waals surface area (Å²) in [5.74, 6) is 0. The van der Waals surface area contributed by atoms with Gasteiger partial charge in [0.15, 0.2) is 0 Å². The third-order valence-electron chi connectivity index (χ3n) is 2.48. The van der Waals surface area contributed by atoms with Crippen molar-refractivity contribution in [3.63, 3.8) is 0 Å². The van der Waals surface area contributed by atoms with E-state index < -0.39 is 0 Å². The number of alkyl halides is 1. The fourth-order valence-electron chi connectivity index (χ4n) is 1.25. The van der Waals surface area contributed by atoms with Gasteiger partial charge in [-0.15, -0.1) is 0 Å². The first-order valence-corrected chi connectivity index (χ1v) is 4.10. The third-order valence-corrected chi connectivity index (χ3v) is 2.48. The summed E-state index contributed by atoms with van der Waals surface area (Å²) in [6.07, 6.45) is 3.91. The van der Waals surface area contributed by atoms with E-state index in [1.54, 1.807) is 0 Å². The zero-order valence-electron chi connectivity index (χ0n) is 6.62. The van der Waals surface area contributed by atoms with Gasteiger partial charge in [0, 0.05) is 13.1 Å². The van der Waals surface area contributed by atoms with Crippen LogP contribution in [0.25, 0.3) is 0 Å². The molecule has 0 bridgehead atoms. The molecule has 1 fully saturated rings. The van der Waals surface area contributed by atoms with Crippen molar-refractivity contribution in [1.29, 1.82) is 0 Å². The molecule has 0 radical (unpaired) electrons. The van der Waals surface area contributed by atoms with Gasteiger partial charge in [-0.1, -0.05) is 6.92 Å². The Balaban J connectivity index is 2.01. The smallest absolute Gasteiger partial charge is 0.102 e. The van der Waals surface area contributed by atoms with E-state index >= 15 is 0 Å². The molecule has 0 saturated heterocycles. The van der Waals surface area contributed by atoms with Gasteiger partial charge in [0.05, 0.1) is 0 Å². The van der Waals surface area contributed by atoms with Crippen molar-refractivity contribution in [3.05, 3.63) is 0 Å². The van der Waals surface area contributed by atoms with Crippen LogP contribution < -0.4 is 5.32 Å². The molecule has 2 heteroatoms. The Bertz CT molecular complexity index is 99.4. The van der Waals surface area contributed by atoms with Crippen LogP contribution in [0.3, 0.4) is 0 Å². The average Bonchev–Trinajstić information content (AvgIpc) is 2.70. The number of hydrogen-bond acceptors (Lipinski definition) is 1. The molecule has 0 spiro atoms. The monoisotopic (exact) mass is 145 g/mol. The molecule has 1 rings (SSSR count). The number of hydrogen-bond donors (Lipinski definition) is 1. The van der Waals surface area contributed by atoms with Crippen molar-refractivity contribution in [1.82, 2.24) is 5.32 Å². The number of nitrogens with one attached hydrogen (secondary N) is 1. The maximum Gasteiger partial charge on any atom is 0.102 e. The van der Waals surface area contributed by atoms with E-state index in [0.29, 0.717) is 12.0 Å². The minimum Gasteiger partial charge on any atom is -0.314 e.